The van der Waals surface area contributed by atoms with Crippen LogP contribution in [0, 0.1) is 6.92 Å². The minimum absolute atomic E-state index is 0.130. The van der Waals surface area contributed by atoms with E-state index in [1.165, 1.54) is 11.6 Å². The van der Waals surface area contributed by atoms with Crippen LogP contribution < -0.4 is 4.74 Å². The minimum Gasteiger partial charge on any atom is -0.492 e. The van der Waals surface area contributed by atoms with Crippen LogP contribution in [0.3, 0.4) is 0 Å². The Hall–Kier alpha value is -3.08. The van der Waals surface area contributed by atoms with Gasteiger partial charge in [0.05, 0.1) is 6.54 Å². The summed E-state index contributed by atoms with van der Waals surface area (Å²) in [6.45, 7) is 2.95. The summed E-state index contributed by atoms with van der Waals surface area (Å²) in [6, 6.07) is 15.3. The molecule has 3 aromatic rings. The fourth-order valence-electron chi connectivity index (χ4n) is 2.28. The Balaban J connectivity index is 1.50. The van der Waals surface area contributed by atoms with Crippen LogP contribution >= 0.6 is 0 Å². The molecule has 2 aromatic carbocycles. The molecular weight excluding hydrogens is 316 g/mol. The fraction of sp³-hybridized carbons (Fsp3) is 0.200. The van der Waals surface area contributed by atoms with Crippen LogP contribution in [-0.4, -0.2) is 36.0 Å². The third-order valence-corrected chi connectivity index (χ3v) is 3.77. The maximum atomic E-state index is 12.1. The highest BCUT2D eigenvalue weighted by Crippen LogP contribution is 2.15. The monoisotopic (exact) mass is 336 g/mol. The molecule has 0 saturated carbocycles. The highest BCUT2D eigenvalue weighted by molar-refractivity contribution is 5.91. The average molecular weight is 336 g/mol. The molecular formula is C20H20N2O3. The molecule has 1 amide bonds. The molecule has 1 aromatic heterocycles. The number of aromatic nitrogens is 1. The summed E-state index contributed by atoms with van der Waals surface area (Å²) >= 11 is 0. The topological polar surface area (TPSA) is 55.6 Å². The van der Waals surface area contributed by atoms with E-state index in [1.807, 2.05) is 55.5 Å². The SMILES string of the molecule is Cc1ccc(OCCN(C)C(=O)/C=C/c2nc3ccccc3o2)cc1. The van der Waals surface area contributed by atoms with E-state index in [-0.39, 0.29) is 5.91 Å². The van der Waals surface area contributed by atoms with Crippen LogP contribution in [0.15, 0.2) is 59.0 Å². The van der Waals surface area contributed by atoms with Crippen molar-refractivity contribution in [3.05, 3.63) is 66.1 Å². The number of nitrogens with zero attached hydrogens (tertiary/aromatic N) is 2. The van der Waals surface area contributed by atoms with E-state index < -0.39 is 0 Å². The van der Waals surface area contributed by atoms with Gasteiger partial charge in [0, 0.05) is 19.2 Å². The lowest BCUT2D eigenvalue weighted by atomic mass is 10.2. The molecule has 128 valence electrons. The Morgan fingerprint density at radius 1 is 1.20 bits per heavy atom. The molecule has 5 heteroatoms. The van der Waals surface area contributed by atoms with Gasteiger partial charge >= 0.3 is 0 Å². The predicted octanol–water partition coefficient (Wildman–Crippen LogP) is 3.69. The van der Waals surface area contributed by atoms with Gasteiger partial charge in [0.15, 0.2) is 5.58 Å². The summed E-state index contributed by atoms with van der Waals surface area (Å²) in [4.78, 5) is 18.0. The number of aryl methyl sites for hydroxylation is 1. The second kappa shape index (κ2) is 7.66. The zero-order chi connectivity index (χ0) is 17.6. The molecule has 0 spiro atoms. The van der Waals surface area contributed by atoms with Crippen molar-refractivity contribution in [2.24, 2.45) is 0 Å². The van der Waals surface area contributed by atoms with Crippen LogP contribution in [0.25, 0.3) is 17.2 Å². The van der Waals surface area contributed by atoms with Crippen LogP contribution in [0.1, 0.15) is 11.5 Å². The molecule has 1 heterocycles. The van der Waals surface area contributed by atoms with Crippen LogP contribution in [0.4, 0.5) is 0 Å². The number of para-hydroxylation sites is 2. The van der Waals surface area contributed by atoms with Crippen LogP contribution in [0.2, 0.25) is 0 Å². The smallest absolute Gasteiger partial charge is 0.246 e. The van der Waals surface area contributed by atoms with Gasteiger partial charge < -0.3 is 14.1 Å². The van der Waals surface area contributed by atoms with E-state index in [4.69, 9.17) is 9.15 Å². The molecule has 0 radical (unpaired) electrons. The number of likely N-dealkylation sites (N-methyl/N-ethyl adjacent to an activating group) is 1. The van der Waals surface area contributed by atoms with Gasteiger partial charge in [0.1, 0.15) is 17.9 Å². The maximum Gasteiger partial charge on any atom is 0.246 e. The number of rotatable bonds is 6. The number of fused-ring (bicyclic) bond motifs is 1. The fourth-order valence-corrected chi connectivity index (χ4v) is 2.28. The lowest BCUT2D eigenvalue weighted by Crippen LogP contribution is -2.29. The number of hydrogen-bond donors (Lipinski definition) is 0. The zero-order valence-corrected chi connectivity index (χ0v) is 14.3. The highest BCUT2D eigenvalue weighted by Gasteiger charge is 2.07. The highest BCUT2D eigenvalue weighted by atomic mass is 16.5. The molecule has 5 nitrogen and oxygen atoms in total. The maximum absolute atomic E-state index is 12.1. The van der Waals surface area contributed by atoms with Crippen molar-refractivity contribution < 1.29 is 13.9 Å². The molecule has 0 unspecified atom stereocenters. The first-order valence-corrected chi connectivity index (χ1v) is 8.10. The number of benzene rings is 2. The molecule has 0 aliphatic carbocycles. The quantitative estimate of drug-likeness (QED) is 0.644. The van der Waals surface area contributed by atoms with Crippen molar-refractivity contribution in [3.8, 4) is 5.75 Å². The summed E-state index contributed by atoms with van der Waals surface area (Å²) in [5.74, 6) is 1.09. The van der Waals surface area contributed by atoms with Gasteiger partial charge in [-0.2, -0.15) is 0 Å². The van der Waals surface area contributed by atoms with Crippen molar-refractivity contribution in [2.45, 2.75) is 6.92 Å². The number of amides is 1. The van der Waals surface area contributed by atoms with Crippen molar-refractivity contribution in [3.63, 3.8) is 0 Å². The summed E-state index contributed by atoms with van der Waals surface area (Å²) in [6.07, 6.45) is 3.04. The number of oxazole rings is 1. The predicted molar refractivity (Wildman–Crippen MR) is 97.4 cm³/mol. The Labute approximate surface area is 146 Å². The van der Waals surface area contributed by atoms with Gasteiger partial charge in [0.2, 0.25) is 11.8 Å². The Bertz CT molecular complexity index is 848. The zero-order valence-electron chi connectivity index (χ0n) is 14.3. The molecule has 0 aliphatic rings. The lowest BCUT2D eigenvalue weighted by Gasteiger charge is -2.15. The lowest BCUT2D eigenvalue weighted by molar-refractivity contribution is -0.125. The second-order valence-corrected chi connectivity index (χ2v) is 5.77. The van der Waals surface area contributed by atoms with Crippen LogP contribution in [-0.2, 0) is 4.79 Å². The molecule has 0 saturated heterocycles. The number of hydrogen-bond acceptors (Lipinski definition) is 4. The van der Waals surface area contributed by atoms with Crippen molar-refractivity contribution in [1.82, 2.24) is 9.88 Å². The minimum atomic E-state index is -0.130. The largest absolute Gasteiger partial charge is 0.492 e. The van der Waals surface area contributed by atoms with Gasteiger partial charge in [0.25, 0.3) is 0 Å². The van der Waals surface area contributed by atoms with Crippen molar-refractivity contribution in [1.29, 1.82) is 0 Å². The van der Waals surface area contributed by atoms with E-state index in [1.54, 1.807) is 18.0 Å². The van der Waals surface area contributed by atoms with Gasteiger partial charge in [-0.25, -0.2) is 4.98 Å². The summed E-state index contributed by atoms with van der Waals surface area (Å²) < 4.78 is 11.2. The summed E-state index contributed by atoms with van der Waals surface area (Å²) in [7, 11) is 1.73. The normalized spacial score (nSPS) is 11.1. The third-order valence-electron chi connectivity index (χ3n) is 3.77. The first-order valence-electron chi connectivity index (χ1n) is 8.10. The Morgan fingerprint density at radius 3 is 2.72 bits per heavy atom. The first kappa shape index (κ1) is 16.8. The van der Waals surface area contributed by atoms with Gasteiger partial charge in [-0.1, -0.05) is 29.8 Å². The van der Waals surface area contributed by atoms with E-state index in [0.717, 1.165) is 11.3 Å². The van der Waals surface area contributed by atoms with E-state index in [0.29, 0.717) is 24.6 Å². The third kappa shape index (κ3) is 4.47. The molecule has 0 bridgehead atoms. The molecule has 3 rings (SSSR count). The van der Waals surface area contributed by atoms with Gasteiger partial charge in [-0.3, -0.25) is 4.79 Å². The molecule has 0 N–H and O–H groups in total. The molecule has 0 aliphatic heterocycles. The Kier molecular flexibility index (Phi) is 5.14. The van der Waals surface area contributed by atoms with E-state index >= 15 is 0 Å². The second-order valence-electron chi connectivity index (χ2n) is 5.77. The Morgan fingerprint density at radius 2 is 1.96 bits per heavy atom. The van der Waals surface area contributed by atoms with Crippen molar-refractivity contribution in [2.75, 3.05) is 20.2 Å². The van der Waals surface area contributed by atoms with Crippen molar-refractivity contribution >= 4 is 23.1 Å². The van der Waals surface area contributed by atoms with Gasteiger partial charge in [-0.15, -0.1) is 0 Å². The first-order chi connectivity index (χ1) is 12.1. The standard InChI is InChI=1S/C20H20N2O3/c1-15-7-9-16(10-8-15)24-14-13-22(2)20(23)12-11-19-21-17-5-3-4-6-18(17)25-19/h3-12H,13-14H2,1-2H3/b12-11+. The van der Waals surface area contributed by atoms with Crippen LogP contribution in [0.5, 0.6) is 5.75 Å². The average Bonchev–Trinajstić information content (AvgIpc) is 3.04. The molecule has 0 fully saturated rings. The number of ether oxygens (including phenoxy) is 1. The van der Waals surface area contributed by atoms with E-state index in [2.05, 4.69) is 4.98 Å². The summed E-state index contributed by atoms with van der Waals surface area (Å²) in [5, 5.41) is 0. The van der Waals surface area contributed by atoms with E-state index in [9.17, 15) is 4.79 Å². The number of carbonyl (C=O) groups is 1. The molecule has 25 heavy (non-hydrogen) atoms. The van der Waals surface area contributed by atoms with Gasteiger partial charge in [-0.05, 0) is 31.2 Å². The molecule has 0 atom stereocenters. The number of carbonyl (C=O) groups excluding carboxylic acids is 1. The summed E-state index contributed by atoms with van der Waals surface area (Å²) in [5.41, 5.74) is 2.66.